The molecule has 0 atom stereocenters. The first-order valence-electron chi connectivity index (χ1n) is 6.07. The van der Waals surface area contributed by atoms with E-state index in [9.17, 15) is 14.0 Å². The van der Waals surface area contributed by atoms with E-state index in [4.69, 9.17) is 5.11 Å². The second kappa shape index (κ2) is 6.17. The highest BCUT2D eigenvalue weighted by atomic mass is 19.1. The Hall–Kier alpha value is -2.39. The number of piperazine rings is 1. The molecule has 6 heteroatoms. The molecule has 0 spiro atoms. The van der Waals surface area contributed by atoms with Crippen LogP contribution in [0.1, 0.15) is 15.9 Å². The largest absolute Gasteiger partial charge is 0.384 e. The summed E-state index contributed by atoms with van der Waals surface area (Å²) in [6.45, 7) is 0.310. The molecule has 0 bridgehead atoms. The molecule has 1 fully saturated rings. The van der Waals surface area contributed by atoms with Gasteiger partial charge in [-0.25, -0.2) is 4.39 Å². The van der Waals surface area contributed by atoms with E-state index in [0.717, 1.165) is 6.07 Å². The van der Waals surface area contributed by atoms with Crippen molar-refractivity contribution in [3.63, 3.8) is 0 Å². The van der Waals surface area contributed by atoms with Gasteiger partial charge in [-0.2, -0.15) is 0 Å². The molecule has 1 saturated heterocycles. The van der Waals surface area contributed by atoms with E-state index in [0.29, 0.717) is 18.7 Å². The summed E-state index contributed by atoms with van der Waals surface area (Å²) >= 11 is 0. The van der Waals surface area contributed by atoms with Gasteiger partial charge in [-0.3, -0.25) is 9.59 Å². The summed E-state index contributed by atoms with van der Waals surface area (Å²) in [4.78, 5) is 24.7. The second-order valence-electron chi connectivity index (χ2n) is 4.23. The highest BCUT2D eigenvalue weighted by Gasteiger charge is 2.24. The molecule has 0 unspecified atom stereocenters. The van der Waals surface area contributed by atoms with E-state index >= 15 is 0 Å². The number of nitrogens with zero attached hydrogens (tertiary/aromatic N) is 1. The number of amides is 2. The number of benzene rings is 1. The molecule has 20 heavy (non-hydrogen) atoms. The van der Waals surface area contributed by atoms with Gasteiger partial charge in [0.05, 0.1) is 12.1 Å². The lowest BCUT2D eigenvalue weighted by atomic mass is 10.1. The Kier molecular flexibility index (Phi) is 4.33. The summed E-state index contributed by atoms with van der Waals surface area (Å²) in [5, 5.41) is 11.2. The molecule has 1 aliphatic rings. The summed E-state index contributed by atoms with van der Waals surface area (Å²) in [6.07, 6.45) is 0. The summed E-state index contributed by atoms with van der Waals surface area (Å²) in [5.74, 6) is 3.59. The minimum Gasteiger partial charge on any atom is -0.384 e. The highest BCUT2D eigenvalue weighted by molar-refractivity contribution is 5.97. The van der Waals surface area contributed by atoms with Crippen LogP contribution in [-0.2, 0) is 4.79 Å². The molecule has 0 saturated carbocycles. The summed E-state index contributed by atoms with van der Waals surface area (Å²) in [5.41, 5.74) is 0.315. The van der Waals surface area contributed by atoms with Crippen molar-refractivity contribution in [2.45, 2.75) is 0 Å². The molecule has 1 aromatic carbocycles. The van der Waals surface area contributed by atoms with Gasteiger partial charge in [-0.05, 0) is 18.2 Å². The average molecular weight is 276 g/mol. The van der Waals surface area contributed by atoms with Crippen molar-refractivity contribution < 1.29 is 19.1 Å². The Morgan fingerprint density at radius 2 is 2.30 bits per heavy atom. The number of aliphatic hydroxyl groups excluding tert-OH is 1. The maximum Gasteiger partial charge on any atom is 0.257 e. The van der Waals surface area contributed by atoms with Crippen molar-refractivity contribution >= 4 is 11.8 Å². The smallest absolute Gasteiger partial charge is 0.257 e. The van der Waals surface area contributed by atoms with Gasteiger partial charge >= 0.3 is 0 Å². The first kappa shape index (κ1) is 14.0. The SMILES string of the molecule is O=C1CN(C(=O)c2cc(C#CCO)ccc2F)CCN1. The van der Waals surface area contributed by atoms with E-state index in [2.05, 4.69) is 17.2 Å². The van der Waals surface area contributed by atoms with Crippen LogP contribution in [0, 0.1) is 17.7 Å². The Labute approximate surface area is 115 Å². The molecule has 0 aromatic heterocycles. The van der Waals surface area contributed by atoms with Crippen molar-refractivity contribution in [2.24, 2.45) is 0 Å². The number of hydrogen-bond acceptors (Lipinski definition) is 3. The fourth-order valence-electron chi connectivity index (χ4n) is 1.89. The Balaban J connectivity index is 2.26. The van der Waals surface area contributed by atoms with Crippen LogP contribution < -0.4 is 5.32 Å². The number of carbonyl (C=O) groups excluding carboxylic acids is 2. The molecule has 104 valence electrons. The monoisotopic (exact) mass is 276 g/mol. The molecule has 2 N–H and O–H groups in total. The van der Waals surface area contributed by atoms with Crippen molar-refractivity contribution in [1.29, 1.82) is 0 Å². The average Bonchev–Trinajstić information content (AvgIpc) is 2.45. The second-order valence-corrected chi connectivity index (χ2v) is 4.23. The van der Waals surface area contributed by atoms with Gasteiger partial charge in [0.1, 0.15) is 12.4 Å². The third-order valence-electron chi connectivity index (χ3n) is 2.83. The predicted octanol–water partition coefficient (Wildman–Crippen LogP) is -0.258. The molecule has 0 radical (unpaired) electrons. The van der Waals surface area contributed by atoms with Crippen LogP contribution in [0.4, 0.5) is 4.39 Å². The predicted molar refractivity (Wildman–Crippen MR) is 69.3 cm³/mol. The standard InChI is InChI=1S/C14H13FN2O3/c15-12-4-3-10(2-1-7-18)8-11(12)14(20)17-6-5-16-13(19)9-17/h3-4,8,18H,5-7,9H2,(H,16,19). The van der Waals surface area contributed by atoms with Gasteiger partial charge in [0.25, 0.3) is 5.91 Å². The lowest BCUT2D eigenvalue weighted by Gasteiger charge is -2.26. The summed E-state index contributed by atoms with van der Waals surface area (Å²) < 4.78 is 13.7. The highest BCUT2D eigenvalue weighted by Crippen LogP contribution is 2.13. The summed E-state index contributed by atoms with van der Waals surface area (Å²) in [7, 11) is 0. The number of hydrogen-bond donors (Lipinski definition) is 2. The first-order chi connectivity index (χ1) is 9.61. The van der Waals surface area contributed by atoms with Gasteiger partial charge in [0.15, 0.2) is 0 Å². The lowest BCUT2D eigenvalue weighted by Crippen LogP contribution is -2.50. The topological polar surface area (TPSA) is 69.6 Å². The number of carbonyl (C=O) groups is 2. The van der Waals surface area contributed by atoms with E-state index < -0.39 is 11.7 Å². The number of rotatable bonds is 1. The molecule has 5 nitrogen and oxygen atoms in total. The van der Waals surface area contributed by atoms with Crippen LogP contribution in [0.25, 0.3) is 0 Å². The van der Waals surface area contributed by atoms with Gasteiger partial charge in [0, 0.05) is 18.7 Å². The minimum absolute atomic E-state index is 0.0786. The molecule has 0 aliphatic carbocycles. The normalized spacial score (nSPS) is 14.3. The molecular weight excluding hydrogens is 263 g/mol. The van der Waals surface area contributed by atoms with Gasteiger partial charge in [-0.1, -0.05) is 11.8 Å². The maximum atomic E-state index is 13.7. The molecule has 1 aliphatic heterocycles. The number of aliphatic hydroxyl groups is 1. The van der Waals surface area contributed by atoms with Crippen LogP contribution in [0.5, 0.6) is 0 Å². The van der Waals surface area contributed by atoms with Crippen LogP contribution in [0.15, 0.2) is 18.2 Å². The quantitative estimate of drug-likeness (QED) is 0.694. The first-order valence-corrected chi connectivity index (χ1v) is 6.07. The van der Waals surface area contributed by atoms with Crippen molar-refractivity contribution in [2.75, 3.05) is 26.2 Å². The van der Waals surface area contributed by atoms with Gasteiger partial charge in [-0.15, -0.1) is 0 Å². The Morgan fingerprint density at radius 3 is 3.00 bits per heavy atom. The molecule has 2 amide bonds. The van der Waals surface area contributed by atoms with Crippen LogP contribution in [-0.4, -0.2) is 48.1 Å². The molecule has 1 aromatic rings. The van der Waals surface area contributed by atoms with E-state index in [-0.39, 0.29) is 24.6 Å². The lowest BCUT2D eigenvalue weighted by molar-refractivity contribution is -0.123. The van der Waals surface area contributed by atoms with E-state index in [1.807, 2.05) is 0 Å². The minimum atomic E-state index is -0.657. The van der Waals surface area contributed by atoms with Crippen LogP contribution in [0.3, 0.4) is 0 Å². The third-order valence-corrected chi connectivity index (χ3v) is 2.83. The van der Waals surface area contributed by atoms with Gasteiger partial charge < -0.3 is 15.3 Å². The Bertz CT molecular complexity index is 604. The van der Waals surface area contributed by atoms with Crippen LogP contribution in [0.2, 0.25) is 0 Å². The zero-order chi connectivity index (χ0) is 14.5. The third kappa shape index (κ3) is 3.13. The molecule has 2 rings (SSSR count). The fourth-order valence-corrected chi connectivity index (χ4v) is 1.89. The maximum absolute atomic E-state index is 13.7. The zero-order valence-electron chi connectivity index (χ0n) is 10.6. The zero-order valence-corrected chi connectivity index (χ0v) is 10.6. The van der Waals surface area contributed by atoms with Gasteiger partial charge in [0.2, 0.25) is 5.91 Å². The fraction of sp³-hybridized carbons (Fsp3) is 0.286. The van der Waals surface area contributed by atoms with Crippen LogP contribution >= 0.6 is 0 Å². The number of nitrogens with one attached hydrogen (secondary N) is 1. The van der Waals surface area contributed by atoms with Crippen molar-refractivity contribution in [3.05, 3.63) is 35.1 Å². The van der Waals surface area contributed by atoms with Crippen molar-refractivity contribution in [3.8, 4) is 11.8 Å². The molecular formula is C14H13FN2O3. The van der Waals surface area contributed by atoms with E-state index in [1.54, 1.807) is 0 Å². The number of halogens is 1. The Morgan fingerprint density at radius 1 is 1.50 bits per heavy atom. The summed E-state index contributed by atoms with van der Waals surface area (Å²) in [6, 6.07) is 3.91. The van der Waals surface area contributed by atoms with E-state index in [1.165, 1.54) is 17.0 Å². The van der Waals surface area contributed by atoms with Crippen molar-refractivity contribution in [1.82, 2.24) is 10.2 Å². The molecule has 1 heterocycles.